The highest BCUT2D eigenvalue weighted by molar-refractivity contribution is 5.96. The number of rotatable bonds is 9. The number of ether oxygens (including phenoxy) is 1. The average Bonchev–Trinajstić information content (AvgIpc) is 2.77. The summed E-state index contributed by atoms with van der Waals surface area (Å²) in [6.07, 6.45) is -0.329. The summed E-state index contributed by atoms with van der Waals surface area (Å²) in [5.41, 5.74) is 8.16. The van der Waals surface area contributed by atoms with Crippen LogP contribution in [0.2, 0.25) is 0 Å². The summed E-state index contributed by atoms with van der Waals surface area (Å²) in [7, 11) is 0. The van der Waals surface area contributed by atoms with E-state index in [4.69, 9.17) is 15.6 Å². The Kier molecular flexibility index (Phi) is 7.19. The molecule has 3 aromatic carbocycles. The number of nitrogens with zero attached hydrogens (tertiary/aromatic N) is 1. The van der Waals surface area contributed by atoms with Gasteiger partial charge in [0.2, 0.25) is 5.91 Å². The fourth-order valence-electron chi connectivity index (χ4n) is 3.05. The van der Waals surface area contributed by atoms with E-state index in [2.05, 4.69) is 0 Å². The van der Waals surface area contributed by atoms with Gasteiger partial charge >= 0.3 is 5.97 Å². The molecular formula is C24H24N2O4. The topological polar surface area (TPSA) is 92.9 Å². The fraction of sp³-hybridized carbons (Fsp3) is 0.167. The van der Waals surface area contributed by atoms with Gasteiger partial charge in [-0.2, -0.15) is 0 Å². The Balaban J connectivity index is 1.93. The summed E-state index contributed by atoms with van der Waals surface area (Å²) in [5.74, 6) is -0.173. The predicted molar refractivity (Wildman–Crippen MR) is 115 cm³/mol. The van der Waals surface area contributed by atoms with E-state index in [9.17, 15) is 9.59 Å². The van der Waals surface area contributed by atoms with Gasteiger partial charge in [-0.3, -0.25) is 9.59 Å². The standard InChI is InChI=1S/C24H24N2O4/c25-16-19-9-6-10-20(15-19)30-22-12-5-4-11-21(22)26(23(27)13-14-24(28)29)17-18-7-2-1-3-8-18/h1-12,15H,13-14,16-17,25H2,(H,28,29). The maximum absolute atomic E-state index is 12.9. The molecule has 30 heavy (non-hydrogen) atoms. The van der Waals surface area contributed by atoms with Gasteiger partial charge in [0.1, 0.15) is 5.75 Å². The van der Waals surface area contributed by atoms with Gasteiger partial charge in [-0.15, -0.1) is 0 Å². The summed E-state index contributed by atoms with van der Waals surface area (Å²) < 4.78 is 6.08. The molecule has 0 aliphatic rings. The van der Waals surface area contributed by atoms with Crippen molar-refractivity contribution >= 4 is 17.6 Å². The van der Waals surface area contributed by atoms with Crippen molar-refractivity contribution in [1.82, 2.24) is 0 Å². The first kappa shape index (κ1) is 21.1. The van der Waals surface area contributed by atoms with Crippen molar-refractivity contribution in [1.29, 1.82) is 0 Å². The van der Waals surface area contributed by atoms with Gasteiger partial charge in [0.05, 0.1) is 18.7 Å². The number of carboxylic acids is 1. The number of hydrogen-bond donors (Lipinski definition) is 2. The molecule has 0 unspecified atom stereocenters. The third kappa shape index (κ3) is 5.68. The molecule has 0 aromatic heterocycles. The summed E-state index contributed by atoms with van der Waals surface area (Å²) in [6.45, 7) is 0.704. The predicted octanol–water partition coefficient (Wildman–Crippen LogP) is 4.34. The zero-order chi connectivity index (χ0) is 21.3. The molecule has 1 amide bonds. The van der Waals surface area contributed by atoms with Crippen LogP contribution in [0.4, 0.5) is 5.69 Å². The third-order valence-electron chi connectivity index (χ3n) is 4.56. The SMILES string of the molecule is NCc1cccc(Oc2ccccc2N(Cc2ccccc2)C(=O)CCC(=O)O)c1. The van der Waals surface area contributed by atoms with Gasteiger partial charge < -0.3 is 20.5 Å². The van der Waals surface area contributed by atoms with Gasteiger partial charge in [-0.25, -0.2) is 0 Å². The van der Waals surface area contributed by atoms with Crippen molar-refractivity contribution in [3.8, 4) is 11.5 Å². The van der Waals surface area contributed by atoms with Crippen molar-refractivity contribution in [2.45, 2.75) is 25.9 Å². The lowest BCUT2D eigenvalue weighted by atomic mass is 10.1. The van der Waals surface area contributed by atoms with Crippen LogP contribution in [-0.2, 0) is 22.7 Å². The molecule has 0 fully saturated rings. The molecule has 0 aliphatic carbocycles. The minimum absolute atomic E-state index is 0.0981. The Hall–Kier alpha value is -3.64. The quantitative estimate of drug-likeness (QED) is 0.554. The Labute approximate surface area is 175 Å². The molecular weight excluding hydrogens is 380 g/mol. The second-order valence-electron chi connectivity index (χ2n) is 6.78. The van der Waals surface area contributed by atoms with E-state index in [1.54, 1.807) is 17.0 Å². The van der Waals surface area contributed by atoms with Gasteiger partial charge in [0.25, 0.3) is 0 Å². The lowest BCUT2D eigenvalue weighted by Crippen LogP contribution is -2.31. The summed E-state index contributed by atoms with van der Waals surface area (Å²) in [5, 5.41) is 9.00. The van der Waals surface area contributed by atoms with Crippen LogP contribution in [0.5, 0.6) is 11.5 Å². The maximum Gasteiger partial charge on any atom is 0.303 e. The maximum atomic E-state index is 12.9. The molecule has 0 bridgehead atoms. The molecule has 0 spiro atoms. The largest absolute Gasteiger partial charge is 0.481 e. The molecule has 0 saturated carbocycles. The highest BCUT2D eigenvalue weighted by Gasteiger charge is 2.21. The number of nitrogens with two attached hydrogens (primary N) is 1. The molecule has 0 heterocycles. The van der Waals surface area contributed by atoms with Crippen LogP contribution < -0.4 is 15.4 Å². The van der Waals surface area contributed by atoms with Crippen LogP contribution >= 0.6 is 0 Å². The van der Waals surface area contributed by atoms with Crippen LogP contribution in [0.3, 0.4) is 0 Å². The number of benzene rings is 3. The number of para-hydroxylation sites is 2. The molecule has 3 aromatic rings. The summed E-state index contributed by atoms with van der Waals surface area (Å²) >= 11 is 0. The molecule has 3 N–H and O–H groups in total. The normalized spacial score (nSPS) is 10.4. The first-order chi connectivity index (χ1) is 14.6. The van der Waals surface area contributed by atoms with E-state index in [0.717, 1.165) is 11.1 Å². The summed E-state index contributed by atoms with van der Waals surface area (Å²) in [4.78, 5) is 25.5. The van der Waals surface area contributed by atoms with Crippen molar-refractivity contribution < 1.29 is 19.4 Å². The van der Waals surface area contributed by atoms with Crippen molar-refractivity contribution in [3.05, 3.63) is 90.0 Å². The van der Waals surface area contributed by atoms with E-state index in [0.29, 0.717) is 30.3 Å². The molecule has 6 heteroatoms. The van der Waals surface area contributed by atoms with Crippen LogP contribution in [0, 0.1) is 0 Å². The van der Waals surface area contributed by atoms with E-state index in [1.165, 1.54) is 0 Å². The molecule has 6 nitrogen and oxygen atoms in total. The molecule has 0 atom stereocenters. The third-order valence-corrected chi connectivity index (χ3v) is 4.56. The average molecular weight is 404 g/mol. The Bertz CT molecular complexity index is 1000. The lowest BCUT2D eigenvalue weighted by Gasteiger charge is -2.25. The Morgan fingerprint density at radius 1 is 0.867 bits per heavy atom. The van der Waals surface area contributed by atoms with Crippen LogP contribution in [0.1, 0.15) is 24.0 Å². The number of hydrogen-bond acceptors (Lipinski definition) is 4. The van der Waals surface area contributed by atoms with Gasteiger partial charge in [-0.05, 0) is 35.4 Å². The number of anilines is 1. The fourth-order valence-corrected chi connectivity index (χ4v) is 3.05. The first-order valence-electron chi connectivity index (χ1n) is 9.69. The van der Waals surface area contributed by atoms with E-state index in [1.807, 2.05) is 66.7 Å². The van der Waals surface area contributed by atoms with Gasteiger partial charge in [-0.1, -0.05) is 54.6 Å². The van der Waals surface area contributed by atoms with Crippen LogP contribution in [0.15, 0.2) is 78.9 Å². The van der Waals surface area contributed by atoms with Crippen LogP contribution in [-0.4, -0.2) is 17.0 Å². The number of amides is 1. The number of carbonyl (C=O) groups excluding carboxylic acids is 1. The highest BCUT2D eigenvalue weighted by Crippen LogP contribution is 2.34. The van der Waals surface area contributed by atoms with E-state index in [-0.39, 0.29) is 18.7 Å². The minimum Gasteiger partial charge on any atom is -0.481 e. The first-order valence-corrected chi connectivity index (χ1v) is 9.69. The van der Waals surface area contributed by atoms with Gasteiger partial charge in [0.15, 0.2) is 5.75 Å². The number of aliphatic carboxylic acids is 1. The molecule has 0 saturated heterocycles. The highest BCUT2D eigenvalue weighted by atomic mass is 16.5. The Morgan fingerprint density at radius 3 is 2.30 bits per heavy atom. The van der Waals surface area contributed by atoms with Crippen LogP contribution in [0.25, 0.3) is 0 Å². The van der Waals surface area contributed by atoms with Gasteiger partial charge in [0, 0.05) is 13.0 Å². The summed E-state index contributed by atoms with van der Waals surface area (Å²) in [6, 6.07) is 24.2. The molecule has 0 aliphatic heterocycles. The number of carboxylic acid groups (broad SMARTS) is 1. The Morgan fingerprint density at radius 2 is 1.57 bits per heavy atom. The van der Waals surface area contributed by atoms with E-state index >= 15 is 0 Å². The molecule has 154 valence electrons. The lowest BCUT2D eigenvalue weighted by molar-refractivity contribution is -0.138. The van der Waals surface area contributed by atoms with Crippen molar-refractivity contribution in [2.24, 2.45) is 5.73 Å². The van der Waals surface area contributed by atoms with Crippen molar-refractivity contribution in [2.75, 3.05) is 4.90 Å². The molecule has 0 radical (unpaired) electrons. The second-order valence-corrected chi connectivity index (χ2v) is 6.78. The molecule has 3 rings (SSSR count). The van der Waals surface area contributed by atoms with E-state index < -0.39 is 5.97 Å². The zero-order valence-electron chi connectivity index (χ0n) is 16.5. The van der Waals surface area contributed by atoms with Crippen molar-refractivity contribution in [3.63, 3.8) is 0 Å². The second kappa shape index (κ2) is 10.2. The smallest absolute Gasteiger partial charge is 0.303 e. The number of carbonyl (C=O) groups is 2. The minimum atomic E-state index is -1.01. The zero-order valence-corrected chi connectivity index (χ0v) is 16.5. The monoisotopic (exact) mass is 404 g/mol.